The van der Waals surface area contributed by atoms with Gasteiger partial charge in [-0.2, -0.15) is 0 Å². The van der Waals surface area contributed by atoms with Crippen molar-refractivity contribution in [2.45, 2.75) is 117 Å². The van der Waals surface area contributed by atoms with E-state index in [1.165, 1.54) is 108 Å². The molecule has 0 aromatic carbocycles. The van der Waals surface area contributed by atoms with Crippen LogP contribution in [0.2, 0.25) is 0 Å². The van der Waals surface area contributed by atoms with Crippen LogP contribution in [0, 0.1) is 13.8 Å². The van der Waals surface area contributed by atoms with Crippen molar-refractivity contribution >= 4 is 0 Å². The van der Waals surface area contributed by atoms with Gasteiger partial charge in [0.05, 0.1) is 0 Å². The number of unbranched alkanes of at least 4 members (excludes halogenated alkanes) is 13. The van der Waals surface area contributed by atoms with Gasteiger partial charge in [-0.15, -0.1) is 0 Å². The van der Waals surface area contributed by atoms with Gasteiger partial charge in [0.1, 0.15) is 6.54 Å². The first-order valence-corrected chi connectivity index (χ1v) is 10.7. The maximum Gasteiger partial charge on any atom is 0.181 e. The van der Waals surface area contributed by atoms with E-state index in [1.54, 1.807) is 0 Å². The van der Waals surface area contributed by atoms with Crippen molar-refractivity contribution in [1.29, 1.82) is 0 Å². The summed E-state index contributed by atoms with van der Waals surface area (Å²) >= 11 is 0. The Morgan fingerprint density at radius 1 is 0.667 bits per heavy atom. The minimum Gasteiger partial charge on any atom is -0.202 e. The van der Waals surface area contributed by atoms with Gasteiger partial charge in [0, 0.05) is 25.0 Å². The molecule has 1 rings (SSSR count). The molecular weight excluding hydrogens is 290 g/mol. The molecule has 0 spiro atoms. The molecule has 0 bridgehead atoms. The summed E-state index contributed by atoms with van der Waals surface area (Å²) in [7, 11) is 0. The van der Waals surface area contributed by atoms with Crippen LogP contribution in [0.25, 0.3) is 0 Å². The Labute approximate surface area is 151 Å². The highest BCUT2D eigenvalue weighted by Crippen LogP contribution is 2.13. The second kappa shape index (κ2) is 14.5. The summed E-state index contributed by atoms with van der Waals surface area (Å²) in [5.41, 5.74) is 2.83. The Balaban J connectivity index is 1.85. The van der Waals surface area contributed by atoms with Gasteiger partial charge in [0.25, 0.3) is 0 Å². The van der Waals surface area contributed by atoms with Crippen LogP contribution >= 0.6 is 0 Å². The molecule has 0 radical (unpaired) electrons. The van der Waals surface area contributed by atoms with Crippen LogP contribution in [-0.2, 0) is 6.54 Å². The Hall–Kier alpha value is -0.850. The van der Waals surface area contributed by atoms with Crippen LogP contribution in [0.5, 0.6) is 0 Å². The lowest BCUT2D eigenvalue weighted by Crippen LogP contribution is -2.37. The SMILES string of the molecule is CCCCCCCCCCCCCCCC[n+]1cccc(C)c1C. The standard InChI is InChI=1S/C23H42N/c1-4-5-6-7-8-9-10-11-12-13-14-15-16-17-20-24-21-18-19-22(2)23(24)3/h18-19,21H,4-17,20H2,1-3H3/q+1. The predicted octanol–water partition coefficient (Wildman–Crippen LogP) is 7.07. The number of hydrogen-bond donors (Lipinski definition) is 0. The van der Waals surface area contributed by atoms with Crippen molar-refractivity contribution in [1.82, 2.24) is 0 Å². The normalized spacial score (nSPS) is 11.1. The number of aryl methyl sites for hydroxylation is 2. The van der Waals surface area contributed by atoms with Crippen molar-refractivity contribution in [3.63, 3.8) is 0 Å². The number of nitrogens with zero attached hydrogens (tertiary/aromatic N) is 1. The van der Waals surface area contributed by atoms with E-state index in [1.807, 2.05) is 0 Å². The molecule has 0 unspecified atom stereocenters. The van der Waals surface area contributed by atoms with Gasteiger partial charge in [-0.25, -0.2) is 4.57 Å². The molecule has 0 fully saturated rings. The van der Waals surface area contributed by atoms with Crippen molar-refractivity contribution in [2.75, 3.05) is 0 Å². The van der Waals surface area contributed by atoms with Crippen LogP contribution in [0.3, 0.4) is 0 Å². The fourth-order valence-corrected chi connectivity index (χ4v) is 3.47. The van der Waals surface area contributed by atoms with E-state index in [0.29, 0.717) is 0 Å². The Kier molecular flexibility index (Phi) is 12.8. The summed E-state index contributed by atoms with van der Waals surface area (Å²) in [6.07, 6.45) is 22.3. The molecule has 1 nitrogen and oxygen atoms in total. The fraction of sp³-hybridized carbons (Fsp3) is 0.783. The first-order valence-electron chi connectivity index (χ1n) is 10.7. The summed E-state index contributed by atoms with van der Waals surface area (Å²) in [6.45, 7) is 7.92. The highest BCUT2D eigenvalue weighted by atomic mass is 14.9. The van der Waals surface area contributed by atoms with E-state index < -0.39 is 0 Å². The lowest BCUT2D eigenvalue weighted by Gasteiger charge is -2.04. The molecule has 138 valence electrons. The molecule has 1 aromatic rings. The fourth-order valence-electron chi connectivity index (χ4n) is 3.47. The van der Waals surface area contributed by atoms with Gasteiger partial charge in [0.15, 0.2) is 11.9 Å². The molecule has 0 atom stereocenters. The van der Waals surface area contributed by atoms with Crippen LogP contribution < -0.4 is 4.57 Å². The maximum absolute atomic E-state index is 2.41. The molecule has 1 heterocycles. The quantitative estimate of drug-likeness (QED) is 0.239. The van der Waals surface area contributed by atoms with E-state index in [0.717, 1.165) is 0 Å². The molecule has 24 heavy (non-hydrogen) atoms. The number of rotatable bonds is 15. The predicted molar refractivity (Wildman–Crippen MR) is 106 cm³/mol. The lowest BCUT2D eigenvalue weighted by atomic mass is 10.0. The Morgan fingerprint density at radius 2 is 1.12 bits per heavy atom. The van der Waals surface area contributed by atoms with Crippen molar-refractivity contribution in [3.8, 4) is 0 Å². The summed E-state index contributed by atoms with van der Waals surface area (Å²) in [6, 6.07) is 4.38. The zero-order chi connectivity index (χ0) is 17.5. The number of aromatic nitrogens is 1. The molecule has 0 aliphatic rings. The zero-order valence-electron chi connectivity index (χ0n) is 16.8. The van der Waals surface area contributed by atoms with Gasteiger partial charge >= 0.3 is 0 Å². The molecule has 0 aliphatic carbocycles. The Morgan fingerprint density at radius 3 is 1.62 bits per heavy atom. The van der Waals surface area contributed by atoms with Crippen LogP contribution in [0.1, 0.15) is 108 Å². The molecule has 1 aromatic heterocycles. The topological polar surface area (TPSA) is 3.88 Å². The summed E-state index contributed by atoms with van der Waals surface area (Å²) in [5.74, 6) is 0. The summed E-state index contributed by atoms with van der Waals surface area (Å²) < 4.78 is 2.41. The average Bonchev–Trinajstić information content (AvgIpc) is 2.58. The van der Waals surface area contributed by atoms with E-state index in [2.05, 4.69) is 43.7 Å². The highest BCUT2D eigenvalue weighted by molar-refractivity contribution is 5.11. The first kappa shape index (κ1) is 21.2. The van der Waals surface area contributed by atoms with E-state index in [9.17, 15) is 0 Å². The minimum atomic E-state index is 1.19. The third-order valence-corrected chi connectivity index (χ3v) is 5.37. The third kappa shape index (κ3) is 10.1. The number of pyridine rings is 1. The second-order valence-corrected chi connectivity index (χ2v) is 7.57. The van der Waals surface area contributed by atoms with Gasteiger partial charge in [-0.3, -0.25) is 0 Å². The van der Waals surface area contributed by atoms with Crippen LogP contribution in [0.15, 0.2) is 18.3 Å². The average molecular weight is 333 g/mol. The molecule has 1 heteroatoms. The lowest BCUT2D eigenvalue weighted by molar-refractivity contribution is -0.703. The van der Waals surface area contributed by atoms with Crippen LogP contribution in [0.4, 0.5) is 0 Å². The molecule has 0 aliphatic heterocycles. The van der Waals surface area contributed by atoms with Gasteiger partial charge in [-0.1, -0.05) is 84.0 Å². The van der Waals surface area contributed by atoms with Gasteiger partial charge in [0.2, 0.25) is 0 Å². The first-order chi connectivity index (χ1) is 11.8. The van der Waals surface area contributed by atoms with E-state index >= 15 is 0 Å². The maximum atomic E-state index is 2.41. The number of hydrogen-bond acceptors (Lipinski definition) is 0. The van der Waals surface area contributed by atoms with E-state index in [-0.39, 0.29) is 0 Å². The third-order valence-electron chi connectivity index (χ3n) is 5.37. The molecule has 0 saturated carbocycles. The summed E-state index contributed by atoms with van der Waals surface area (Å²) in [4.78, 5) is 0. The molecule has 0 N–H and O–H groups in total. The summed E-state index contributed by atoms with van der Waals surface area (Å²) in [5, 5.41) is 0. The van der Waals surface area contributed by atoms with Crippen LogP contribution in [-0.4, -0.2) is 0 Å². The zero-order valence-corrected chi connectivity index (χ0v) is 16.8. The van der Waals surface area contributed by atoms with Crippen molar-refractivity contribution in [2.24, 2.45) is 0 Å². The van der Waals surface area contributed by atoms with Crippen molar-refractivity contribution < 1.29 is 4.57 Å². The smallest absolute Gasteiger partial charge is 0.181 e. The molecule has 0 saturated heterocycles. The van der Waals surface area contributed by atoms with E-state index in [4.69, 9.17) is 0 Å². The molecule has 0 amide bonds. The van der Waals surface area contributed by atoms with Gasteiger partial charge in [-0.05, 0) is 19.4 Å². The molecular formula is C23H42N+. The Bertz CT molecular complexity index is 410. The monoisotopic (exact) mass is 332 g/mol. The van der Waals surface area contributed by atoms with Crippen molar-refractivity contribution in [3.05, 3.63) is 29.6 Å². The highest BCUT2D eigenvalue weighted by Gasteiger charge is 2.06. The minimum absolute atomic E-state index is 1.19. The van der Waals surface area contributed by atoms with Gasteiger partial charge < -0.3 is 0 Å². The largest absolute Gasteiger partial charge is 0.202 e. The second-order valence-electron chi connectivity index (χ2n) is 7.57.